The van der Waals surface area contributed by atoms with Crippen molar-refractivity contribution in [1.29, 1.82) is 0 Å². The van der Waals surface area contributed by atoms with Gasteiger partial charge in [-0.1, -0.05) is 48.5 Å². The molecule has 0 bridgehead atoms. The number of benzene rings is 2. The molecule has 164 valence electrons. The molecule has 1 saturated carbocycles. The number of aromatic nitrogens is 4. The molecule has 2 aromatic carbocycles. The van der Waals surface area contributed by atoms with E-state index in [4.69, 9.17) is 0 Å². The predicted molar refractivity (Wildman–Crippen MR) is 113 cm³/mol. The number of H-pyrrole nitrogens is 1. The zero-order valence-corrected chi connectivity index (χ0v) is 17.0. The smallest absolute Gasteiger partial charge is 0.310 e. The van der Waals surface area contributed by atoms with Gasteiger partial charge in [-0.05, 0) is 24.5 Å². The standard InChI is InChI=1S/C23H20F3N5O/c24-23(25,26)17-8-4-7-16(11-17)22(9-10-22)14-27-13-18-12-19(32)31-21(28-18)29-20(30-31)15-5-2-1-3-6-15/h1-8,11-12,27H,9-10,13-14H2,(H,28,29,30). The number of hydrogen-bond acceptors (Lipinski definition) is 4. The highest BCUT2D eigenvalue weighted by Gasteiger charge is 2.44. The summed E-state index contributed by atoms with van der Waals surface area (Å²) in [6, 6.07) is 16.4. The Labute approximate surface area is 181 Å². The topological polar surface area (TPSA) is 75.1 Å². The number of nitrogens with zero attached hydrogens (tertiary/aromatic N) is 3. The summed E-state index contributed by atoms with van der Waals surface area (Å²) in [7, 11) is 0. The molecule has 1 aliphatic rings. The first-order valence-corrected chi connectivity index (χ1v) is 10.3. The highest BCUT2D eigenvalue weighted by molar-refractivity contribution is 5.56. The van der Waals surface area contributed by atoms with E-state index in [-0.39, 0.29) is 16.8 Å². The third kappa shape index (κ3) is 3.91. The van der Waals surface area contributed by atoms with Gasteiger partial charge < -0.3 is 5.32 Å². The average Bonchev–Trinajstić information content (AvgIpc) is 3.44. The van der Waals surface area contributed by atoms with Crippen LogP contribution in [-0.2, 0) is 18.1 Å². The molecule has 9 heteroatoms. The fraction of sp³-hybridized carbons (Fsp3) is 0.261. The van der Waals surface area contributed by atoms with E-state index < -0.39 is 11.7 Å². The Hall–Kier alpha value is -3.46. The van der Waals surface area contributed by atoms with Crippen molar-refractivity contribution in [3.05, 3.63) is 87.8 Å². The van der Waals surface area contributed by atoms with Crippen molar-refractivity contribution in [1.82, 2.24) is 24.9 Å². The maximum atomic E-state index is 13.1. The van der Waals surface area contributed by atoms with Crippen molar-refractivity contribution in [3.8, 4) is 11.4 Å². The molecule has 0 aliphatic heterocycles. The lowest BCUT2D eigenvalue weighted by Gasteiger charge is -2.18. The summed E-state index contributed by atoms with van der Waals surface area (Å²) in [5.41, 5.74) is 0.834. The van der Waals surface area contributed by atoms with Gasteiger partial charge in [0, 0.05) is 30.1 Å². The number of aromatic amines is 1. The van der Waals surface area contributed by atoms with Gasteiger partial charge in [-0.25, -0.2) is 4.98 Å². The molecule has 2 N–H and O–H groups in total. The van der Waals surface area contributed by atoms with E-state index in [2.05, 4.69) is 20.4 Å². The summed E-state index contributed by atoms with van der Waals surface area (Å²) in [4.78, 5) is 21.4. The zero-order valence-electron chi connectivity index (χ0n) is 17.0. The highest BCUT2D eigenvalue weighted by atomic mass is 19.4. The molecule has 0 radical (unpaired) electrons. The Balaban J connectivity index is 1.31. The summed E-state index contributed by atoms with van der Waals surface area (Å²) >= 11 is 0. The van der Waals surface area contributed by atoms with Crippen LogP contribution >= 0.6 is 0 Å². The lowest BCUT2D eigenvalue weighted by molar-refractivity contribution is -0.137. The number of fused-ring (bicyclic) bond motifs is 1. The lowest BCUT2D eigenvalue weighted by Crippen LogP contribution is -2.28. The second-order valence-electron chi connectivity index (χ2n) is 8.12. The van der Waals surface area contributed by atoms with E-state index in [1.807, 2.05) is 30.3 Å². The molecule has 1 aliphatic carbocycles. The third-order valence-electron chi connectivity index (χ3n) is 5.86. The normalized spacial score (nSPS) is 15.2. The molecule has 2 aromatic heterocycles. The molecule has 0 unspecified atom stereocenters. The molecule has 6 nitrogen and oxygen atoms in total. The predicted octanol–water partition coefficient (Wildman–Crippen LogP) is 3.92. The minimum atomic E-state index is -4.36. The largest absolute Gasteiger partial charge is 0.416 e. The summed E-state index contributed by atoms with van der Waals surface area (Å²) in [5.74, 6) is 0.814. The number of alkyl halides is 3. The Bertz CT molecular complexity index is 1320. The number of rotatable bonds is 6. The highest BCUT2D eigenvalue weighted by Crippen LogP contribution is 2.48. The van der Waals surface area contributed by atoms with Crippen LogP contribution in [0.25, 0.3) is 17.2 Å². The average molecular weight is 439 g/mol. The molecule has 0 amide bonds. The Kier molecular flexibility index (Phi) is 4.85. The number of nitrogens with one attached hydrogen (secondary N) is 2. The quantitative estimate of drug-likeness (QED) is 0.478. The molecular formula is C23H20F3N5O. The first-order chi connectivity index (χ1) is 15.3. The van der Waals surface area contributed by atoms with Crippen LogP contribution in [0.15, 0.2) is 65.5 Å². The third-order valence-corrected chi connectivity index (χ3v) is 5.86. The SMILES string of the molecule is O=c1cc(CNCC2(c3cccc(C(F)(F)F)c3)CC2)nc2nc(-c3ccccc3)[nH]n12. The van der Waals surface area contributed by atoms with E-state index in [0.29, 0.717) is 30.2 Å². The summed E-state index contributed by atoms with van der Waals surface area (Å²) in [6.45, 7) is 0.825. The van der Waals surface area contributed by atoms with Crippen LogP contribution in [0.3, 0.4) is 0 Å². The second kappa shape index (κ2) is 7.59. The number of hydrogen-bond donors (Lipinski definition) is 2. The van der Waals surface area contributed by atoms with Crippen LogP contribution in [0, 0.1) is 0 Å². The molecule has 1 fully saturated rings. The van der Waals surface area contributed by atoms with Crippen molar-refractivity contribution in [2.24, 2.45) is 0 Å². The van der Waals surface area contributed by atoms with Gasteiger partial charge in [0.1, 0.15) is 0 Å². The molecule has 5 rings (SSSR count). The fourth-order valence-electron chi connectivity index (χ4n) is 3.92. The summed E-state index contributed by atoms with van der Waals surface area (Å²) < 4.78 is 40.5. The first kappa shape index (κ1) is 20.4. The Morgan fingerprint density at radius 3 is 2.53 bits per heavy atom. The van der Waals surface area contributed by atoms with Crippen LogP contribution in [0.4, 0.5) is 13.2 Å². The van der Waals surface area contributed by atoms with Crippen LogP contribution in [-0.4, -0.2) is 26.1 Å². The van der Waals surface area contributed by atoms with Gasteiger partial charge in [0.25, 0.3) is 11.3 Å². The molecule has 0 atom stereocenters. The van der Waals surface area contributed by atoms with Crippen molar-refractivity contribution in [3.63, 3.8) is 0 Å². The van der Waals surface area contributed by atoms with Gasteiger partial charge in [0.05, 0.1) is 11.3 Å². The Morgan fingerprint density at radius 1 is 1.03 bits per heavy atom. The van der Waals surface area contributed by atoms with Gasteiger partial charge in [-0.2, -0.15) is 22.7 Å². The minimum Gasteiger partial charge on any atom is -0.310 e. The summed E-state index contributed by atoms with van der Waals surface area (Å²) in [5, 5.41) is 6.22. The molecule has 0 saturated heterocycles. The van der Waals surface area contributed by atoms with E-state index in [1.54, 1.807) is 6.07 Å². The van der Waals surface area contributed by atoms with Gasteiger partial charge in [0.2, 0.25) is 0 Å². The Morgan fingerprint density at radius 2 is 1.81 bits per heavy atom. The lowest BCUT2D eigenvalue weighted by atomic mass is 9.94. The van der Waals surface area contributed by atoms with Gasteiger partial charge in [-0.15, -0.1) is 0 Å². The number of halogens is 3. The molecular weight excluding hydrogens is 419 g/mol. The maximum Gasteiger partial charge on any atom is 0.416 e. The van der Waals surface area contributed by atoms with E-state index in [9.17, 15) is 18.0 Å². The molecule has 2 heterocycles. The summed E-state index contributed by atoms with van der Waals surface area (Å²) in [6.07, 6.45) is -2.73. The fourth-order valence-corrected chi connectivity index (χ4v) is 3.92. The van der Waals surface area contributed by atoms with Crippen LogP contribution in [0.5, 0.6) is 0 Å². The second-order valence-corrected chi connectivity index (χ2v) is 8.12. The van der Waals surface area contributed by atoms with Crippen LogP contribution in [0.1, 0.15) is 29.7 Å². The molecule has 32 heavy (non-hydrogen) atoms. The van der Waals surface area contributed by atoms with Gasteiger partial charge in [0.15, 0.2) is 5.82 Å². The zero-order chi connectivity index (χ0) is 22.3. The molecule has 0 spiro atoms. The van der Waals surface area contributed by atoms with Crippen molar-refractivity contribution < 1.29 is 13.2 Å². The van der Waals surface area contributed by atoms with Gasteiger partial charge >= 0.3 is 6.18 Å². The van der Waals surface area contributed by atoms with Crippen LogP contribution in [0.2, 0.25) is 0 Å². The first-order valence-electron chi connectivity index (χ1n) is 10.3. The molecule has 4 aromatic rings. The van der Waals surface area contributed by atoms with Crippen molar-refractivity contribution >= 4 is 5.78 Å². The monoisotopic (exact) mass is 439 g/mol. The van der Waals surface area contributed by atoms with Crippen LogP contribution < -0.4 is 10.9 Å². The maximum absolute atomic E-state index is 13.1. The van der Waals surface area contributed by atoms with E-state index >= 15 is 0 Å². The van der Waals surface area contributed by atoms with Gasteiger partial charge in [-0.3, -0.25) is 9.89 Å². The van der Waals surface area contributed by atoms with E-state index in [0.717, 1.165) is 24.5 Å². The van der Waals surface area contributed by atoms with E-state index in [1.165, 1.54) is 22.7 Å². The van der Waals surface area contributed by atoms with Crippen molar-refractivity contribution in [2.75, 3.05) is 6.54 Å². The minimum absolute atomic E-state index is 0.271. The van der Waals surface area contributed by atoms with Crippen molar-refractivity contribution in [2.45, 2.75) is 31.0 Å².